The van der Waals surface area contributed by atoms with Gasteiger partial charge in [0.25, 0.3) is 0 Å². The topological polar surface area (TPSA) is 86.3 Å². The monoisotopic (exact) mass is 479 g/mol. The summed E-state index contributed by atoms with van der Waals surface area (Å²) >= 11 is 1.62. The summed E-state index contributed by atoms with van der Waals surface area (Å²) in [7, 11) is 4.03. The van der Waals surface area contributed by atoms with Crippen LogP contribution in [0.5, 0.6) is 0 Å². The maximum absolute atomic E-state index is 13.4. The lowest BCUT2D eigenvalue weighted by Gasteiger charge is -2.35. The van der Waals surface area contributed by atoms with Crippen molar-refractivity contribution in [1.82, 2.24) is 30.1 Å². The van der Waals surface area contributed by atoms with Gasteiger partial charge in [0.1, 0.15) is 5.01 Å². The molecule has 0 fully saturated rings. The Morgan fingerprint density at radius 1 is 1.26 bits per heavy atom. The van der Waals surface area contributed by atoms with Crippen molar-refractivity contribution in [2.75, 3.05) is 26.0 Å². The average molecular weight is 480 g/mol. The van der Waals surface area contributed by atoms with Gasteiger partial charge in [-0.1, -0.05) is 30.3 Å². The second-order valence-corrected chi connectivity index (χ2v) is 10.1. The number of anilines is 1. The quantitative estimate of drug-likeness (QED) is 0.529. The van der Waals surface area contributed by atoms with Crippen molar-refractivity contribution < 1.29 is 4.79 Å². The van der Waals surface area contributed by atoms with Crippen molar-refractivity contribution in [1.29, 1.82) is 0 Å². The summed E-state index contributed by atoms with van der Waals surface area (Å²) in [5.41, 5.74) is 4.08. The largest absolute Gasteiger partial charge is 0.345 e. The fourth-order valence-corrected chi connectivity index (χ4v) is 4.98. The van der Waals surface area contributed by atoms with Crippen LogP contribution in [0.3, 0.4) is 0 Å². The minimum Gasteiger partial charge on any atom is -0.345 e. The summed E-state index contributed by atoms with van der Waals surface area (Å²) in [6.45, 7) is 7.29. The van der Waals surface area contributed by atoms with Gasteiger partial charge in [-0.05, 0) is 52.4 Å². The molecule has 1 aliphatic rings. The van der Waals surface area contributed by atoms with Crippen LogP contribution in [0.25, 0.3) is 0 Å². The second kappa shape index (κ2) is 10.5. The van der Waals surface area contributed by atoms with E-state index in [2.05, 4.69) is 51.5 Å². The zero-order valence-electron chi connectivity index (χ0n) is 20.4. The molecule has 0 saturated carbocycles. The highest BCUT2D eigenvalue weighted by Crippen LogP contribution is 2.25. The normalized spacial score (nSPS) is 17.2. The molecule has 2 N–H and O–H groups in total. The van der Waals surface area contributed by atoms with E-state index in [0.29, 0.717) is 12.5 Å². The first-order valence-corrected chi connectivity index (χ1v) is 12.5. The Balaban J connectivity index is 1.47. The van der Waals surface area contributed by atoms with E-state index >= 15 is 0 Å². The fraction of sp³-hybridized carbons (Fsp3) is 0.440. The number of aromatic nitrogens is 3. The fourth-order valence-electron chi connectivity index (χ4n) is 4.18. The van der Waals surface area contributed by atoms with E-state index in [1.807, 2.05) is 55.7 Å². The molecule has 1 aromatic carbocycles. The molecule has 2 aromatic heterocycles. The molecule has 8 nitrogen and oxygen atoms in total. The van der Waals surface area contributed by atoms with Crippen molar-refractivity contribution in [3.8, 4) is 0 Å². The molecule has 0 unspecified atom stereocenters. The SMILES string of the molecule is Cc1csc([C@@H](C)Nc2ncc3c(n2)CN(C(=O)N[C@H](CN(C)C)c2ccccc2)[C@H](C)C3)n1. The van der Waals surface area contributed by atoms with Crippen LogP contribution < -0.4 is 10.6 Å². The molecule has 4 rings (SSSR count). The van der Waals surface area contributed by atoms with E-state index in [1.54, 1.807) is 11.3 Å². The zero-order valence-corrected chi connectivity index (χ0v) is 21.3. The van der Waals surface area contributed by atoms with Crippen LogP contribution in [0.1, 0.15) is 53.5 Å². The van der Waals surface area contributed by atoms with Crippen molar-refractivity contribution in [3.63, 3.8) is 0 Å². The van der Waals surface area contributed by atoms with Gasteiger partial charge < -0.3 is 20.4 Å². The van der Waals surface area contributed by atoms with Gasteiger partial charge in [0, 0.05) is 29.9 Å². The Kier molecular flexibility index (Phi) is 7.43. The molecular formula is C25H33N7OS. The van der Waals surface area contributed by atoms with Gasteiger partial charge in [-0.3, -0.25) is 0 Å². The van der Waals surface area contributed by atoms with Gasteiger partial charge in [-0.15, -0.1) is 11.3 Å². The predicted molar refractivity (Wildman–Crippen MR) is 136 cm³/mol. The molecule has 2 amide bonds. The minimum atomic E-state index is -0.0949. The van der Waals surface area contributed by atoms with E-state index in [0.717, 1.165) is 40.5 Å². The maximum Gasteiger partial charge on any atom is 0.318 e. The number of hydrogen-bond acceptors (Lipinski definition) is 7. The molecule has 34 heavy (non-hydrogen) atoms. The lowest BCUT2D eigenvalue weighted by molar-refractivity contribution is 0.161. The van der Waals surface area contributed by atoms with Crippen LogP contribution in [0.4, 0.5) is 10.7 Å². The zero-order chi connectivity index (χ0) is 24.2. The third kappa shape index (κ3) is 5.71. The van der Waals surface area contributed by atoms with E-state index in [4.69, 9.17) is 4.98 Å². The lowest BCUT2D eigenvalue weighted by Crippen LogP contribution is -2.50. The third-order valence-corrected chi connectivity index (χ3v) is 7.13. The molecule has 0 saturated heterocycles. The Morgan fingerprint density at radius 2 is 2.03 bits per heavy atom. The number of nitrogens with zero attached hydrogens (tertiary/aromatic N) is 5. The van der Waals surface area contributed by atoms with Crippen molar-refractivity contribution in [2.24, 2.45) is 0 Å². The van der Waals surface area contributed by atoms with Crippen LogP contribution in [0.2, 0.25) is 0 Å². The summed E-state index contributed by atoms with van der Waals surface area (Å²) in [4.78, 5) is 31.2. The summed E-state index contributed by atoms with van der Waals surface area (Å²) < 4.78 is 0. The number of carbonyl (C=O) groups excluding carboxylic acids is 1. The predicted octanol–water partition coefficient (Wildman–Crippen LogP) is 4.17. The number of likely N-dealkylation sites (N-methyl/N-ethyl adjacent to an activating group) is 1. The number of hydrogen-bond donors (Lipinski definition) is 2. The number of amides is 2. The van der Waals surface area contributed by atoms with Crippen molar-refractivity contribution in [2.45, 2.75) is 51.9 Å². The highest BCUT2D eigenvalue weighted by atomic mass is 32.1. The highest BCUT2D eigenvalue weighted by Gasteiger charge is 2.30. The summed E-state index contributed by atoms with van der Waals surface area (Å²) in [6.07, 6.45) is 2.61. The molecule has 9 heteroatoms. The van der Waals surface area contributed by atoms with Gasteiger partial charge in [-0.25, -0.2) is 19.7 Å². The molecule has 3 atom stereocenters. The van der Waals surface area contributed by atoms with Crippen molar-refractivity contribution in [3.05, 3.63) is 69.4 Å². The Morgan fingerprint density at radius 3 is 2.71 bits per heavy atom. The van der Waals surface area contributed by atoms with Gasteiger partial charge in [0.05, 0.1) is 24.3 Å². The molecule has 0 radical (unpaired) electrons. The lowest BCUT2D eigenvalue weighted by atomic mass is 10.0. The van der Waals surface area contributed by atoms with Gasteiger partial charge in [0.15, 0.2) is 0 Å². The maximum atomic E-state index is 13.4. The number of fused-ring (bicyclic) bond motifs is 1. The second-order valence-electron chi connectivity index (χ2n) is 9.21. The molecular weight excluding hydrogens is 446 g/mol. The number of urea groups is 1. The van der Waals surface area contributed by atoms with Crippen LogP contribution in [-0.4, -0.2) is 57.5 Å². The standard InChI is InChI=1S/C25H33N7OS/c1-16-15-34-23(27-16)18(3)28-24-26-12-20-11-17(2)32(14-22(20)29-24)25(33)30-21(13-31(4)5)19-9-7-6-8-10-19/h6-10,12,15,17-18,21H,11,13-14H2,1-5H3,(H,30,33)(H,26,28,29)/t17-,18-,21-/m1/s1. The van der Waals surface area contributed by atoms with Crippen molar-refractivity contribution >= 4 is 23.3 Å². The Bertz CT molecular complexity index is 1120. The number of aryl methyl sites for hydroxylation is 1. The van der Waals surface area contributed by atoms with Crippen LogP contribution in [0, 0.1) is 6.92 Å². The van der Waals surface area contributed by atoms with Gasteiger partial charge in [-0.2, -0.15) is 0 Å². The molecule has 0 bridgehead atoms. The molecule has 180 valence electrons. The molecule has 0 aliphatic carbocycles. The Hall–Kier alpha value is -3.04. The van der Waals surface area contributed by atoms with E-state index in [9.17, 15) is 4.79 Å². The van der Waals surface area contributed by atoms with E-state index in [-0.39, 0.29) is 24.2 Å². The van der Waals surface area contributed by atoms with E-state index < -0.39 is 0 Å². The molecule has 1 aliphatic heterocycles. The smallest absolute Gasteiger partial charge is 0.318 e. The highest BCUT2D eigenvalue weighted by molar-refractivity contribution is 7.09. The first-order chi connectivity index (χ1) is 16.3. The summed E-state index contributed by atoms with van der Waals surface area (Å²) in [5, 5.41) is 9.64. The third-order valence-electron chi connectivity index (χ3n) is 5.98. The van der Waals surface area contributed by atoms with Gasteiger partial charge >= 0.3 is 6.03 Å². The first kappa shape index (κ1) is 24.1. The Labute approximate surface area is 205 Å². The average Bonchev–Trinajstić information content (AvgIpc) is 3.25. The number of thiazole rings is 1. The summed E-state index contributed by atoms with van der Waals surface area (Å²) in [6, 6.07) is 10.0. The molecule has 3 heterocycles. The number of carbonyl (C=O) groups is 1. The number of benzene rings is 1. The van der Waals surface area contributed by atoms with E-state index in [1.165, 1.54) is 0 Å². The van der Waals surface area contributed by atoms with Gasteiger partial charge in [0.2, 0.25) is 5.95 Å². The molecule has 0 spiro atoms. The number of rotatable bonds is 7. The first-order valence-electron chi connectivity index (χ1n) is 11.6. The number of nitrogens with one attached hydrogen (secondary N) is 2. The van der Waals surface area contributed by atoms with Crippen LogP contribution >= 0.6 is 11.3 Å². The minimum absolute atomic E-state index is 0.0105. The van der Waals surface area contributed by atoms with Crippen LogP contribution in [-0.2, 0) is 13.0 Å². The summed E-state index contributed by atoms with van der Waals surface area (Å²) in [5.74, 6) is 0.559. The molecule has 3 aromatic rings. The van der Waals surface area contributed by atoms with Crippen LogP contribution in [0.15, 0.2) is 41.9 Å².